The van der Waals surface area contributed by atoms with Gasteiger partial charge in [-0.1, -0.05) is 18.2 Å². The second-order valence-electron chi connectivity index (χ2n) is 8.81. The molecule has 1 heterocycles. The Morgan fingerprint density at radius 3 is 1.84 bits per heavy atom. The van der Waals surface area contributed by atoms with Crippen LogP contribution < -0.4 is 0 Å². The van der Waals surface area contributed by atoms with Crippen molar-refractivity contribution in [1.29, 1.82) is 0 Å². The van der Waals surface area contributed by atoms with Crippen LogP contribution in [0.25, 0.3) is 0 Å². The number of ether oxygens (including phenoxy) is 7. The Kier molecular flexibility index (Phi) is 14.3. The van der Waals surface area contributed by atoms with E-state index >= 15 is 0 Å². The minimum atomic E-state index is -1.28. The lowest BCUT2D eigenvalue weighted by molar-refractivity contribution is -0.307. The lowest BCUT2D eigenvalue weighted by Gasteiger charge is -2.44. The van der Waals surface area contributed by atoms with E-state index in [0.717, 1.165) is 31.9 Å². The Morgan fingerprint density at radius 2 is 1.29 bits per heavy atom. The fraction of sp³-hybridized carbons (Fsp3) is 0.654. The molecule has 5 atom stereocenters. The van der Waals surface area contributed by atoms with Gasteiger partial charge in [0.25, 0.3) is 0 Å². The second kappa shape index (κ2) is 16.6. The van der Waals surface area contributed by atoms with Gasteiger partial charge in [0.15, 0.2) is 24.6 Å². The lowest BCUT2D eigenvalue weighted by Crippen LogP contribution is -2.63. The van der Waals surface area contributed by atoms with Crippen molar-refractivity contribution in [2.45, 2.75) is 91.5 Å². The summed E-state index contributed by atoms with van der Waals surface area (Å²) in [5.74, 6) is -3.09. The maximum absolute atomic E-state index is 11.9. The fourth-order valence-electron chi connectivity index (χ4n) is 3.56. The van der Waals surface area contributed by atoms with Crippen molar-refractivity contribution in [2.24, 2.45) is 0 Å². The summed E-state index contributed by atoms with van der Waals surface area (Å²) in [4.78, 5) is 57.8. The quantitative estimate of drug-likeness (QED) is 0.180. The Morgan fingerprint density at radius 1 is 0.737 bits per heavy atom. The molecule has 0 amide bonds. The third kappa shape index (κ3) is 12.8. The first-order valence-corrected chi connectivity index (χ1v) is 12.2. The van der Waals surface area contributed by atoms with Gasteiger partial charge in [0.1, 0.15) is 19.3 Å². The van der Waals surface area contributed by atoms with E-state index in [1.165, 1.54) is 13.8 Å². The van der Waals surface area contributed by atoms with E-state index in [2.05, 4.69) is 6.58 Å². The molecule has 1 aliphatic rings. The molecule has 0 aliphatic carbocycles. The van der Waals surface area contributed by atoms with Crippen LogP contribution >= 0.6 is 0 Å². The van der Waals surface area contributed by atoms with Gasteiger partial charge < -0.3 is 33.2 Å². The fourth-order valence-corrected chi connectivity index (χ4v) is 3.56. The Balaban J connectivity index is 2.94. The van der Waals surface area contributed by atoms with E-state index in [4.69, 9.17) is 33.2 Å². The molecule has 1 rings (SSSR count). The number of allylic oxidation sites excluding steroid dienone is 1. The summed E-state index contributed by atoms with van der Waals surface area (Å²) in [7, 11) is 0. The van der Waals surface area contributed by atoms with E-state index < -0.39 is 54.6 Å². The van der Waals surface area contributed by atoms with Crippen molar-refractivity contribution in [2.75, 3.05) is 19.8 Å². The van der Waals surface area contributed by atoms with Crippen LogP contribution in [0.4, 0.5) is 0 Å². The van der Waals surface area contributed by atoms with Gasteiger partial charge in [-0.3, -0.25) is 24.0 Å². The zero-order valence-electron chi connectivity index (χ0n) is 22.8. The van der Waals surface area contributed by atoms with E-state index in [9.17, 15) is 24.0 Å². The predicted octanol–water partition coefficient (Wildman–Crippen LogP) is 2.32. The van der Waals surface area contributed by atoms with Gasteiger partial charge in [-0.2, -0.15) is 0 Å². The summed E-state index contributed by atoms with van der Waals surface area (Å²) in [6, 6.07) is 0. The van der Waals surface area contributed by atoms with Crippen LogP contribution in [0.1, 0.15) is 60.8 Å². The average molecular weight is 543 g/mol. The summed E-state index contributed by atoms with van der Waals surface area (Å²) in [6.45, 7) is 11.9. The van der Waals surface area contributed by atoms with Gasteiger partial charge in [-0.05, 0) is 31.8 Å². The van der Waals surface area contributed by atoms with Crippen molar-refractivity contribution >= 4 is 29.8 Å². The predicted molar refractivity (Wildman–Crippen MR) is 131 cm³/mol. The number of esters is 5. The van der Waals surface area contributed by atoms with Gasteiger partial charge in [0.2, 0.25) is 0 Å². The molecular weight excluding hydrogens is 504 g/mol. The topological polar surface area (TPSA) is 150 Å². The standard InChI is InChI=1S/C26H38O12/c1-15(9-8-10-16(2)13-33-17(3)27)11-12-32-26-25(37-21(7)31)24(36-20(6)30)23(35-19(5)29)22(38-26)14-34-18(4)28/h10,22-26H,1,8-9,11-14H2,2-7H3/b16-10-/t22-,23-,24+,25-,26-/m1/s1. The Labute approximate surface area is 222 Å². The van der Waals surface area contributed by atoms with Crippen molar-refractivity contribution in [3.8, 4) is 0 Å². The van der Waals surface area contributed by atoms with Crippen LogP contribution in [0.2, 0.25) is 0 Å². The van der Waals surface area contributed by atoms with E-state index in [-0.39, 0.29) is 25.8 Å². The van der Waals surface area contributed by atoms with Crippen LogP contribution in [-0.4, -0.2) is 80.4 Å². The molecule has 38 heavy (non-hydrogen) atoms. The smallest absolute Gasteiger partial charge is 0.303 e. The highest BCUT2D eigenvalue weighted by Crippen LogP contribution is 2.30. The minimum absolute atomic E-state index is 0.114. The number of carbonyl (C=O) groups excluding carboxylic acids is 5. The molecule has 0 aromatic heterocycles. The third-order valence-corrected chi connectivity index (χ3v) is 5.18. The van der Waals surface area contributed by atoms with Gasteiger partial charge in [0, 0.05) is 34.6 Å². The highest BCUT2D eigenvalue weighted by atomic mass is 16.7. The molecule has 1 saturated heterocycles. The van der Waals surface area contributed by atoms with E-state index in [0.29, 0.717) is 19.3 Å². The average Bonchev–Trinajstić information content (AvgIpc) is 2.79. The zero-order valence-corrected chi connectivity index (χ0v) is 22.8. The van der Waals surface area contributed by atoms with Crippen molar-refractivity contribution in [3.63, 3.8) is 0 Å². The maximum Gasteiger partial charge on any atom is 0.303 e. The van der Waals surface area contributed by atoms with Crippen LogP contribution in [0, 0.1) is 0 Å². The van der Waals surface area contributed by atoms with E-state index in [1.807, 2.05) is 13.0 Å². The number of rotatable bonds is 14. The van der Waals surface area contributed by atoms with Gasteiger partial charge in [-0.25, -0.2) is 0 Å². The molecule has 12 nitrogen and oxygen atoms in total. The SMILES string of the molecule is C=C(CC/C=C(/C)COC(C)=O)CCO[C@@H]1O[C@H](COC(C)=O)[C@@H](OC(C)=O)[C@H](OC(C)=O)[C@H]1OC(C)=O. The van der Waals surface area contributed by atoms with Crippen molar-refractivity contribution in [1.82, 2.24) is 0 Å². The molecular formula is C26H38O12. The minimum Gasteiger partial charge on any atom is -0.463 e. The van der Waals surface area contributed by atoms with Gasteiger partial charge in [0.05, 0.1) is 6.61 Å². The highest BCUT2D eigenvalue weighted by molar-refractivity contribution is 5.68. The largest absolute Gasteiger partial charge is 0.463 e. The molecule has 0 radical (unpaired) electrons. The number of hydrogen-bond donors (Lipinski definition) is 0. The third-order valence-electron chi connectivity index (χ3n) is 5.18. The molecule has 1 fully saturated rings. The van der Waals surface area contributed by atoms with Crippen LogP contribution in [0.5, 0.6) is 0 Å². The molecule has 0 aromatic carbocycles. The zero-order chi connectivity index (χ0) is 28.8. The van der Waals surface area contributed by atoms with Crippen molar-refractivity contribution in [3.05, 3.63) is 23.8 Å². The lowest BCUT2D eigenvalue weighted by atomic mass is 9.98. The molecule has 12 heteroatoms. The Bertz CT molecular complexity index is 893. The first-order chi connectivity index (χ1) is 17.8. The monoisotopic (exact) mass is 542 g/mol. The summed E-state index contributed by atoms with van der Waals surface area (Å²) < 4.78 is 37.8. The number of hydrogen-bond acceptors (Lipinski definition) is 12. The highest BCUT2D eigenvalue weighted by Gasteiger charge is 2.52. The molecule has 0 unspecified atom stereocenters. The number of carbonyl (C=O) groups is 5. The second-order valence-corrected chi connectivity index (χ2v) is 8.81. The molecule has 0 N–H and O–H groups in total. The summed E-state index contributed by atoms with van der Waals surface area (Å²) in [5.41, 5.74) is 1.79. The van der Waals surface area contributed by atoms with Gasteiger partial charge >= 0.3 is 29.8 Å². The first kappa shape index (κ1) is 32.8. The van der Waals surface area contributed by atoms with Gasteiger partial charge in [-0.15, -0.1) is 0 Å². The van der Waals surface area contributed by atoms with Crippen LogP contribution in [-0.2, 0) is 57.1 Å². The molecule has 0 saturated carbocycles. The van der Waals surface area contributed by atoms with Crippen LogP contribution in [0.3, 0.4) is 0 Å². The van der Waals surface area contributed by atoms with Crippen molar-refractivity contribution < 1.29 is 57.1 Å². The summed E-state index contributed by atoms with van der Waals surface area (Å²) >= 11 is 0. The molecule has 0 bridgehead atoms. The molecule has 1 aliphatic heterocycles. The molecule has 214 valence electrons. The Hall–Kier alpha value is -3.25. The summed E-state index contributed by atoms with van der Waals surface area (Å²) in [6.07, 6.45) is -2.37. The molecule has 0 aromatic rings. The molecule has 0 spiro atoms. The summed E-state index contributed by atoms with van der Waals surface area (Å²) in [5, 5.41) is 0. The normalized spacial score (nSPS) is 23.1. The van der Waals surface area contributed by atoms with Crippen LogP contribution in [0.15, 0.2) is 23.8 Å². The van der Waals surface area contributed by atoms with E-state index in [1.54, 1.807) is 0 Å². The maximum atomic E-state index is 11.9. The first-order valence-electron chi connectivity index (χ1n) is 12.2.